The van der Waals surface area contributed by atoms with Crippen molar-refractivity contribution in [3.63, 3.8) is 0 Å². The van der Waals surface area contributed by atoms with Crippen LogP contribution in [0.5, 0.6) is 0 Å². The topological polar surface area (TPSA) is 41.8 Å². The number of hydrogen-bond donors (Lipinski definition) is 1. The lowest BCUT2D eigenvalue weighted by Crippen LogP contribution is -2.22. The molecule has 10 heavy (non-hydrogen) atoms. The highest BCUT2D eigenvalue weighted by Gasteiger charge is 2.40. The average Bonchev–Trinajstić information content (AvgIpc) is 2.11. The van der Waals surface area contributed by atoms with Gasteiger partial charge in [0.25, 0.3) is 0 Å². The molecule has 1 unspecified atom stereocenters. The summed E-state index contributed by atoms with van der Waals surface area (Å²) in [5, 5.41) is 11.1. The van der Waals surface area contributed by atoms with Crippen LogP contribution in [0.25, 0.3) is 0 Å². The Morgan fingerprint density at radius 2 is 2.20 bits per heavy atom. The van der Waals surface area contributed by atoms with E-state index in [-0.39, 0.29) is 0 Å². The number of rotatable bonds is 0. The van der Waals surface area contributed by atoms with E-state index in [0.717, 1.165) is 0 Å². The van der Waals surface area contributed by atoms with Gasteiger partial charge < -0.3 is 9.94 Å². The molecule has 6 heteroatoms. The average molecular weight is 155 g/mol. The lowest BCUT2D eigenvalue weighted by molar-refractivity contribution is -0.0764. The van der Waals surface area contributed by atoms with Gasteiger partial charge in [-0.15, -0.1) is 0 Å². The molecule has 0 aromatic carbocycles. The molecule has 1 heterocycles. The molecule has 1 rings (SSSR count). The van der Waals surface area contributed by atoms with Gasteiger partial charge >= 0.3 is 6.18 Å². The summed E-state index contributed by atoms with van der Waals surface area (Å²) in [6.45, 7) is 0. The number of halogens is 3. The van der Waals surface area contributed by atoms with Gasteiger partial charge in [-0.1, -0.05) is 5.16 Å². The fraction of sp³-hybridized carbons (Fsp3) is 0.750. The Hall–Kier alpha value is -0.780. The van der Waals surface area contributed by atoms with Gasteiger partial charge in [0.15, 0.2) is 5.71 Å². The molecule has 0 radical (unpaired) electrons. The van der Waals surface area contributed by atoms with Crippen molar-refractivity contribution in [1.29, 1.82) is 0 Å². The Labute approximate surface area is 54.1 Å². The maximum atomic E-state index is 11.6. The third-order valence-corrected chi connectivity index (χ3v) is 0.980. The van der Waals surface area contributed by atoms with Crippen LogP contribution in [0.1, 0.15) is 6.42 Å². The van der Waals surface area contributed by atoms with Crippen molar-refractivity contribution < 1.29 is 23.1 Å². The molecular weight excluding hydrogens is 151 g/mol. The molecule has 0 aromatic rings. The fourth-order valence-electron chi connectivity index (χ4n) is 0.532. The van der Waals surface area contributed by atoms with Crippen LogP contribution in [0, 0.1) is 0 Å². The minimum absolute atomic E-state index is 0.580. The van der Waals surface area contributed by atoms with Crippen molar-refractivity contribution in [1.82, 2.24) is 0 Å². The van der Waals surface area contributed by atoms with Gasteiger partial charge in [-0.05, 0) is 0 Å². The van der Waals surface area contributed by atoms with Crippen molar-refractivity contribution in [2.75, 3.05) is 0 Å². The molecule has 0 fully saturated rings. The third kappa shape index (κ3) is 1.38. The van der Waals surface area contributed by atoms with Gasteiger partial charge in [0, 0.05) is 0 Å². The molecule has 0 aliphatic carbocycles. The van der Waals surface area contributed by atoms with Gasteiger partial charge in [0.05, 0.1) is 6.42 Å². The van der Waals surface area contributed by atoms with E-state index in [1.165, 1.54) is 0 Å². The minimum atomic E-state index is -4.47. The second kappa shape index (κ2) is 2.12. The summed E-state index contributed by atoms with van der Waals surface area (Å²) >= 11 is 0. The van der Waals surface area contributed by atoms with Crippen molar-refractivity contribution in [2.45, 2.75) is 18.9 Å². The molecule has 1 aliphatic heterocycles. The first-order chi connectivity index (χ1) is 4.50. The Bertz CT molecular complexity index is 164. The first-order valence-electron chi connectivity index (χ1n) is 2.48. The van der Waals surface area contributed by atoms with E-state index >= 15 is 0 Å². The summed E-state index contributed by atoms with van der Waals surface area (Å²) in [5.74, 6) is 0. The third-order valence-electron chi connectivity index (χ3n) is 0.980. The van der Waals surface area contributed by atoms with E-state index in [9.17, 15) is 13.2 Å². The Kier molecular flexibility index (Phi) is 1.55. The van der Waals surface area contributed by atoms with Gasteiger partial charge in [-0.3, -0.25) is 0 Å². The van der Waals surface area contributed by atoms with Gasteiger partial charge in [0.1, 0.15) is 0 Å². The molecule has 0 saturated carbocycles. The van der Waals surface area contributed by atoms with Gasteiger partial charge in [0.2, 0.25) is 6.29 Å². The summed E-state index contributed by atoms with van der Waals surface area (Å²) in [6, 6.07) is 0. The lowest BCUT2D eigenvalue weighted by atomic mass is 10.3. The molecule has 0 spiro atoms. The molecule has 3 nitrogen and oxygen atoms in total. The van der Waals surface area contributed by atoms with Gasteiger partial charge in [-0.2, -0.15) is 13.2 Å². The number of oxime groups is 1. The normalized spacial score (nSPS) is 26.0. The second-order valence-corrected chi connectivity index (χ2v) is 1.80. The summed E-state index contributed by atoms with van der Waals surface area (Å²) in [6.07, 6.45) is -6.49. The van der Waals surface area contributed by atoms with E-state index in [1.807, 2.05) is 0 Å². The Morgan fingerprint density at radius 3 is 2.40 bits per heavy atom. The lowest BCUT2D eigenvalue weighted by Gasteiger charge is -2.01. The molecule has 0 bridgehead atoms. The van der Waals surface area contributed by atoms with Crippen molar-refractivity contribution in [2.24, 2.45) is 5.16 Å². The summed E-state index contributed by atoms with van der Waals surface area (Å²) < 4.78 is 34.8. The highest BCUT2D eigenvalue weighted by atomic mass is 19.4. The molecular formula is C4H4F3NO2. The summed E-state index contributed by atoms with van der Waals surface area (Å²) in [7, 11) is 0. The molecule has 1 N–H and O–H groups in total. The number of alkyl halides is 3. The molecule has 0 saturated heterocycles. The second-order valence-electron chi connectivity index (χ2n) is 1.80. The van der Waals surface area contributed by atoms with Crippen LogP contribution in [0.15, 0.2) is 5.16 Å². The maximum absolute atomic E-state index is 11.6. The van der Waals surface area contributed by atoms with Crippen molar-refractivity contribution in [3.05, 3.63) is 0 Å². The smallest absolute Gasteiger partial charge is 0.363 e. The number of aliphatic hydroxyl groups excluding tert-OH is 1. The van der Waals surface area contributed by atoms with E-state index < -0.39 is 24.6 Å². The number of aliphatic hydroxyl groups is 1. The highest BCUT2D eigenvalue weighted by molar-refractivity contribution is 5.90. The van der Waals surface area contributed by atoms with E-state index in [1.54, 1.807) is 0 Å². The molecule has 1 aliphatic rings. The van der Waals surface area contributed by atoms with Crippen LogP contribution in [-0.4, -0.2) is 23.3 Å². The van der Waals surface area contributed by atoms with Crippen LogP contribution in [0.4, 0.5) is 13.2 Å². The molecule has 0 amide bonds. The van der Waals surface area contributed by atoms with Crippen molar-refractivity contribution >= 4 is 5.71 Å². The maximum Gasteiger partial charge on any atom is 0.432 e. The van der Waals surface area contributed by atoms with E-state index in [2.05, 4.69) is 9.99 Å². The largest absolute Gasteiger partial charge is 0.432 e. The predicted octanol–water partition coefficient (Wildman–Crippen LogP) is 0.643. The Morgan fingerprint density at radius 1 is 1.60 bits per heavy atom. The van der Waals surface area contributed by atoms with Gasteiger partial charge in [-0.25, -0.2) is 0 Å². The highest BCUT2D eigenvalue weighted by Crippen LogP contribution is 2.24. The van der Waals surface area contributed by atoms with Crippen LogP contribution in [-0.2, 0) is 4.84 Å². The Balaban J connectivity index is 2.60. The van der Waals surface area contributed by atoms with Crippen molar-refractivity contribution in [3.8, 4) is 0 Å². The van der Waals surface area contributed by atoms with E-state index in [0.29, 0.717) is 0 Å². The SMILES string of the molecule is OC1CC(C(F)(F)F)=NO1. The monoisotopic (exact) mass is 155 g/mol. The zero-order valence-electron chi connectivity index (χ0n) is 4.72. The quantitative estimate of drug-likeness (QED) is 0.557. The zero-order chi connectivity index (χ0) is 7.78. The molecule has 0 aromatic heterocycles. The first-order valence-corrected chi connectivity index (χ1v) is 2.48. The van der Waals surface area contributed by atoms with Crippen LogP contribution in [0.3, 0.4) is 0 Å². The minimum Gasteiger partial charge on any atom is -0.363 e. The van der Waals surface area contributed by atoms with Crippen LogP contribution >= 0.6 is 0 Å². The summed E-state index contributed by atoms with van der Waals surface area (Å²) in [4.78, 5) is 3.92. The standard InChI is InChI=1S/C4H4F3NO2/c5-4(6,7)2-1-3(9)10-8-2/h3,9H,1H2. The molecule has 58 valence electrons. The number of hydrogen-bond acceptors (Lipinski definition) is 3. The predicted molar refractivity (Wildman–Crippen MR) is 25.2 cm³/mol. The zero-order valence-corrected chi connectivity index (χ0v) is 4.72. The molecule has 1 atom stereocenters. The number of nitrogens with zero attached hydrogens (tertiary/aromatic N) is 1. The summed E-state index contributed by atoms with van der Waals surface area (Å²) in [5.41, 5.74) is -1.07. The van der Waals surface area contributed by atoms with Crippen LogP contribution < -0.4 is 0 Å². The van der Waals surface area contributed by atoms with Crippen LogP contribution in [0.2, 0.25) is 0 Å². The van der Waals surface area contributed by atoms with E-state index in [4.69, 9.17) is 5.11 Å². The fourth-order valence-corrected chi connectivity index (χ4v) is 0.532. The first kappa shape index (κ1) is 7.33.